The molecule has 0 unspecified atom stereocenters. The molecule has 1 aromatic heterocycles. The van der Waals surface area contributed by atoms with Crippen LogP contribution in [0.3, 0.4) is 0 Å². The fourth-order valence-electron chi connectivity index (χ4n) is 3.64. The summed E-state index contributed by atoms with van der Waals surface area (Å²) in [5, 5.41) is 12.4. The van der Waals surface area contributed by atoms with E-state index in [2.05, 4.69) is 0 Å². The molecule has 0 spiro atoms. The van der Waals surface area contributed by atoms with Crippen molar-refractivity contribution in [3.8, 4) is 21.7 Å². The summed E-state index contributed by atoms with van der Waals surface area (Å²) in [5.41, 5.74) is 12.5. The van der Waals surface area contributed by atoms with Gasteiger partial charge in [-0.15, -0.1) is 11.3 Å². The van der Waals surface area contributed by atoms with Crippen LogP contribution in [0.2, 0.25) is 5.02 Å². The van der Waals surface area contributed by atoms with Gasteiger partial charge in [0.1, 0.15) is 5.01 Å². The van der Waals surface area contributed by atoms with Crippen LogP contribution in [0.5, 0.6) is 0 Å². The maximum absolute atomic E-state index is 11.6. The highest BCUT2D eigenvalue weighted by molar-refractivity contribution is 7.22. The van der Waals surface area contributed by atoms with Crippen LogP contribution in [0.1, 0.15) is 11.1 Å². The zero-order valence-corrected chi connectivity index (χ0v) is 18.6. The Labute approximate surface area is 188 Å². The molecule has 0 amide bonds. The van der Waals surface area contributed by atoms with E-state index in [4.69, 9.17) is 28.2 Å². The summed E-state index contributed by atoms with van der Waals surface area (Å²) in [6.45, 7) is 1.92. The lowest BCUT2D eigenvalue weighted by Gasteiger charge is -2.15. The zero-order valence-electron chi connectivity index (χ0n) is 17.0. The fraction of sp³-hybridized carbons (Fsp3) is 0.130. The minimum Gasteiger partial charge on any atom is -0.481 e. The summed E-state index contributed by atoms with van der Waals surface area (Å²) in [6, 6.07) is 15.0. The number of nitrogens with two attached hydrogens (primary N) is 2. The number of aliphatic carboxylic acids is 1. The molecule has 0 radical (unpaired) electrons. The Bertz CT molecular complexity index is 1300. The van der Waals surface area contributed by atoms with Gasteiger partial charge in [-0.05, 0) is 60.0 Å². The molecule has 0 aliphatic rings. The summed E-state index contributed by atoms with van der Waals surface area (Å²) in [7, 11) is 1.73. The van der Waals surface area contributed by atoms with Crippen molar-refractivity contribution in [3.63, 3.8) is 0 Å². The van der Waals surface area contributed by atoms with Gasteiger partial charge in [0.05, 0.1) is 28.0 Å². The number of carboxylic acids is 1. The van der Waals surface area contributed by atoms with Crippen LogP contribution < -0.4 is 16.6 Å². The lowest BCUT2D eigenvalue weighted by Crippen LogP contribution is -2.25. The number of nitrogen functional groups attached to an aromatic ring is 1. The van der Waals surface area contributed by atoms with E-state index in [-0.39, 0.29) is 6.42 Å². The number of carboxylic acid groups (broad SMARTS) is 1. The molecular formula is C23H21ClN4O2S. The monoisotopic (exact) mass is 452 g/mol. The van der Waals surface area contributed by atoms with Gasteiger partial charge < -0.3 is 15.8 Å². The van der Waals surface area contributed by atoms with Gasteiger partial charge in [0.2, 0.25) is 0 Å². The SMILES string of the molecule is Cc1cc2nc(-c3ccc(N)c(N(C)N)c3)sc2c(-c2ccc(Cl)cc2)c1CC(=O)O. The molecule has 0 fully saturated rings. The number of fused-ring (bicyclic) bond motifs is 1. The van der Waals surface area contributed by atoms with E-state index in [1.54, 1.807) is 25.2 Å². The van der Waals surface area contributed by atoms with E-state index in [1.807, 2.05) is 37.3 Å². The summed E-state index contributed by atoms with van der Waals surface area (Å²) in [5.74, 6) is 5.03. The molecule has 0 atom stereocenters. The number of anilines is 2. The molecule has 0 bridgehead atoms. The first-order valence-corrected chi connectivity index (χ1v) is 10.7. The Hall–Kier alpha value is -3.13. The Morgan fingerprint density at radius 2 is 1.84 bits per heavy atom. The Balaban J connectivity index is 1.97. The summed E-state index contributed by atoms with van der Waals surface area (Å²) in [6.07, 6.45) is -0.0725. The topological polar surface area (TPSA) is 105 Å². The van der Waals surface area contributed by atoms with Crippen LogP contribution in [0, 0.1) is 6.92 Å². The maximum atomic E-state index is 11.6. The molecule has 6 nitrogen and oxygen atoms in total. The number of nitrogens with zero attached hydrogens (tertiary/aromatic N) is 2. The standard InChI is InChI=1S/C23H21ClN4O2S/c1-12-9-18-22(21(16(12)11-20(29)30)13-3-6-15(24)7-4-13)31-23(27-18)14-5-8-17(25)19(10-14)28(2)26/h3-10H,11,25-26H2,1-2H3,(H,29,30). The largest absolute Gasteiger partial charge is 0.481 e. The highest BCUT2D eigenvalue weighted by atomic mass is 35.5. The molecule has 3 aromatic carbocycles. The number of aromatic nitrogens is 1. The van der Waals surface area contributed by atoms with Crippen LogP contribution in [0.25, 0.3) is 31.9 Å². The van der Waals surface area contributed by atoms with Crippen molar-refractivity contribution in [1.29, 1.82) is 0 Å². The number of thiazole rings is 1. The highest BCUT2D eigenvalue weighted by Gasteiger charge is 2.20. The van der Waals surface area contributed by atoms with Crippen LogP contribution >= 0.6 is 22.9 Å². The second kappa shape index (κ2) is 8.19. The minimum absolute atomic E-state index is 0.0725. The van der Waals surface area contributed by atoms with Gasteiger partial charge in [-0.1, -0.05) is 23.7 Å². The quantitative estimate of drug-likeness (QED) is 0.221. The van der Waals surface area contributed by atoms with Crippen molar-refractivity contribution in [2.24, 2.45) is 5.84 Å². The average molecular weight is 453 g/mol. The molecule has 0 saturated carbocycles. The fourth-order valence-corrected chi connectivity index (χ4v) is 4.90. The third-order valence-corrected chi connectivity index (χ3v) is 6.52. The third-order valence-electron chi connectivity index (χ3n) is 5.13. The lowest BCUT2D eigenvalue weighted by atomic mass is 9.93. The van der Waals surface area contributed by atoms with E-state index in [0.717, 1.165) is 43.0 Å². The molecule has 8 heteroatoms. The first kappa shape index (κ1) is 21.1. The summed E-state index contributed by atoms with van der Waals surface area (Å²) >= 11 is 7.60. The first-order valence-electron chi connectivity index (χ1n) is 9.53. The molecule has 5 N–H and O–H groups in total. The number of rotatable bonds is 5. The molecule has 1 heterocycles. The number of hydrogen-bond acceptors (Lipinski definition) is 6. The van der Waals surface area contributed by atoms with Crippen molar-refractivity contribution in [1.82, 2.24) is 4.98 Å². The van der Waals surface area contributed by atoms with Gasteiger partial charge in [-0.25, -0.2) is 10.8 Å². The van der Waals surface area contributed by atoms with Gasteiger partial charge in [0.25, 0.3) is 0 Å². The van der Waals surface area contributed by atoms with E-state index >= 15 is 0 Å². The van der Waals surface area contributed by atoms with Gasteiger partial charge in [-0.3, -0.25) is 4.79 Å². The van der Waals surface area contributed by atoms with Crippen molar-refractivity contribution >= 4 is 50.5 Å². The molecule has 0 aliphatic heterocycles. The summed E-state index contributed by atoms with van der Waals surface area (Å²) in [4.78, 5) is 16.4. The predicted molar refractivity (Wildman–Crippen MR) is 129 cm³/mol. The van der Waals surface area contributed by atoms with E-state index in [0.29, 0.717) is 16.4 Å². The molecule has 4 aromatic rings. The van der Waals surface area contributed by atoms with Crippen molar-refractivity contribution in [2.45, 2.75) is 13.3 Å². The van der Waals surface area contributed by atoms with Crippen LogP contribution in [0.15, 0.2) is 48.5 Å². The summed E-state index contributed by atoms with van der Waals surface area (Å²) < 4.78 is 0.929. The van der Waals surface area contributed by atoms with Crippen LogP contribution in [-0.2, 0) is 11.2 Å². The number of halogens is 1. The first-order chi connectivity index (χ1) is 14.7. The molecule has 4 rings (SSSR count). The number of aryl methyl sites for hydroxylation is 1. The normalized spacial score (nSPS) is 11.1. The smallest absolute Gasteiger partial charge is 0.307 e. The Morgan fingerprint density at radius 3 is 2.48 bits per heavy atom. The Morgan fingerprint density at radius 1 is 1.16 bits per heavy atom. The van der Waals surface area contributed by atoms with E-state index in [1.165, 1.54) is 16.3 Å². The van der Waals surface area contributed by atoms with Crippen molar-refractivity contribution < 1.29 is 9.90 Å². The Kier molecular flexibility index (Phi) is 5.58. The predicted octanol–water partition coefficient (Wildman–Crippen LogP) is 5.11. The maximum Gasteiger partial charge on any atom is 0.307 e. The van der Waals surface area contributed by atoms with Gasteiger partial charge >= 0.3 is 5.97 Å². The molecule has 31 heavy (non-hydrogen) atoms. The molecular weight excluding hydrogens is 432 g/mol. The van der Waals surface area contributed by atoms with Gasteiger partial charge in [0, 0.05) is 23.2 Å². The van der Waals surface area contributed by atoms with Crippen LogP contribution in [0.4, 0.5) is 11.4 Å². The van der Waals surface area contributed by atoms with Crippen molar-refractivity contribution in [3.05, 3.63) is 64.7 Å². The van der Waals surface area contributed by atoms with E-state index < -0.39 is 5.97 Å². The van der Waals surface area contributed by atoms with Crippen LogP contribution in [-0.4, -0.2) is 23.1 Å². The average Bonchev–Trinajstić information content (AvgIpc) is 3.12. The molecule has 0 aliphatic carbocycles. The highest BCUT2D eigenvalue weighted by Crippen LogP contribution is 2.41. The van der Waals surface area contributed by atoms with Gasteiger partial charge in [0.15, 0.2) is 0 Å². The third kappa shape index (κ3) is 4.07. The van der Waals surface area contributed by atoms with E-state index in [9.17, 15) is 9.90 Å². The lowest BCUT2D eigenvalue weighted by molar-refractivity contribution is -0.136. The number of carbonyl (C=O) groups is 1. The second-order valence-electron chi connectivity index (χ2n) is 7.38. The molecule has 158 valence electrons. The van der Waals surface area contributed by atoms with Gasteiger partial charge in [-0.2, -0.15) is 0 Å². The number of hydrazine groups is 1. The molecule has 0 saturated heterocycles. The second-order valence-corrected chi connectivity index (χ2v) is 8.81. The number of benzene rings is 3. The zero-order chi connectivity index (χ0) is 22.3. The minimum atomic E-state index is -0.878. The number of hydrogen-bond donors (Lipinski definition) is 3. The van der Waals surface area contributed by atoms with Crippen molar-refractivity contribution in [2.75, 3.05) is 17.8 Å².